The Hall–Kier alpha value is -0.610. The minimum Gasteiger partial charge on any atom is -0.383 e. The summed E-state index contributed by atoms with van der Waals surface area (Å²) in [5, 5.41) is 6.31. The van der Waals surface area contributed by atoms with E-state index in [0.29, 0.717) is 12.5 Å². The number of rotatable bonds is 5. The van der Waals surface area contributed by atoms with Gasteiger partial charge in [-0.15, -0.1) is 0 Å². The van der Waals surface area contributed by atoms with Gasteiger partial charge in [0.15, 0.2) is 0 Å². The van der Waals surface area contributed by atoms with Crippen LogP contribution >= 0.6 is 0 Å². The predicted molar refractivity (Wildman–Crippen MR) is 57.6 cm³/mol. The predicted octanol–water partition coefficient (Wildman–Crippen LogP) is 0.280. The van der Waals surface area contributed by atoms with E-state index in [1.807, 2.05) is 0 Å². The number of ether oxygens (including phenoxy) is 1. The second-order valence-electron chi connectivity index (χ2n) is 4.56. The van der Waals surface area contributed by atoms with Crippen LogP contribution in [0.1, 0.15) is 25.7 Å². The summed E-state index contributed by atoms with van der Waals surface area (Å²) in [4.78, 5) is 11.8. The molecule has 1 aliphatic heterocycles. The Morgan fingerprint density at radius 3 is 2.87 bits per heavy atom. The first-order valence-electron chi connectivity index (χ1n) is 5.84. The molecule has 4 nitrogen and oxygen atoms in total. The molecule has 4 heteroatoms. The van der Waals surface area contributed by atoms with Crippen LogP contribution in [-0.2, 0) is 9.53 Å². The highest BCUT2D eigenvalue weighted by Gasteiger charge is 2.34. The Labute approximate surface area is 90.8 Å². The van der Waals surface area contributed by atoms with Gasteiger partial charge in [-0.3, -0.25) is 4.79 Å². The third-order valence-electron chi connectivity index (χ3n) is 3.24. The third-order valence-corrected chi connectivity index (χ3v) is 3.24. The maximum absolute atomic E-state index is 11.8. The summed E-state index contributed by atoms with van der Waals surface area (Å²) in [5.74, 6) is 0.803. The van der Waals surface area contributed by atoms with Crippen molar-refractivity contribution in [3.05, 3.63) is 0 Å². The first-order valence-corrected chi connectivity index (χ1v) is 5.84. The summed E-state index contributed by atoms with van der Waals surface area (Å²) in [6.07, 6.45) is 4.53. The first-order chi connectivity index (χ1) is 7.31. The molecule has 0 aromatic carbocycles. The summed E-state index contributed by atoms with van der Waals surface area (Å²) in [7, 11) is 1.69. The number of nitrogens with one attached hydrogen (secondary N) is 2. The molecule has 2 aliphatic rings. The smallest absolute Gasteiger partial charge is 0.237 e. The highest BCUT2D eigenvalue weighted by molar-refractivity contribution is 5.82. The number of carbonyl (C=O) groups is 1. The van der Waals surface area contributed by atoms with Crippen molar-refractivity contribution in [2.24, 2.45) is 5.92 Å². The van der Waals surface area contributed by atoms with Crippen molar-refractivity contribution in [2.45, 2.75) is 37.8 Å². The fourth-order valence-corrected chi connectivity index (χ4v) is 2.17. The van der Waals surface area contributed by atoms with Crippen molar-refractivity contribution in [1.82, 2.24) is 10.6 Å². The zero-order chi connectivity index (χ0) is 10.7. The Morgan fingerprint density at radius 1 is 1.53 bits per heavy atom. The van der Waals surface area contributed by atoms with Crippen LogP contribution in [0.4, 0.5) is 0 Å². The highest BCUT2D eigenvalue weighted by atomic mass is 16.5. The van der Waals surface area contributed by atoms with Crippen LogP contribution in [0.2, 0.25) is 0 Å². The molecule has 2 fully saturated rings. The molecular formula is C11H20N2O2. The maximum atomic E-state index is 11.8. The fraction of sp³-hybridized carbons (Fsp3) is 0.909. The Morgan fingerprint density at radius 2 is 2.33 bits per heavy atom. The molecule has 2 N–H and O–H groups in total. The van der Waals surface area contributed by atoms with Crippen LogP contribution in [0, 0.1) is 5.92 Å². The van der Waals surface area contributed by atoms with E-state index in [-0.39, 0.29) is 18.0 Å². The van der Waals surface area contributed by atoms with Crippen LogP contribution in [0.5, 0.6) is 0 Å². The van der Waals surface area contributed by atoms with Gasteiger partial charge in [0.05, 0.1) is 18.7 Å². The van der Waals surface area contributed by atoms with Gasteiger partial charge in [-0.25, -0.2) is 0 Å². The number of hydrogen-bond acceptors (Lipinski definition) is 3. The van der Waals surface area contributed by atoms with E-state index < -0.39 is 0 Å². The quantitative estimate of drug-likeness (QED) is 0.688. The van der Waals surface area contributed by atoms with Gasteiger partial charge in [-0.1, -0.05) is 0 Å². The summed E-state index contributed by atoms with van der Waals surface area (Å²) in [6, 6.07) is 0.257. The molecule has 0 aromatic rings. The van der Waals surface area contributed by atoms with Crippen molar-refractivity contribution < 1.29 is 9.53 Å². The van der Waals surface area contributed by atoms with Crippen molar-refractivity contribution in [2.75, 3.05) is 20.3 Å². The first kappa shape index (κ1) is 10.9. The van der Waals surface area contributed by atoms with Gasteiger partial charge in [0.1, 0.15) is 0 Å². The molecule has 1 saturated heterocycles. The SMILES string of the molecule is COCC(NC(=O)[C@@H]1CCCN1)C1CC1. The molecule has 86 valence electrons. The molecule has 0 bridgehead atoms. The van der Waals surface area contributed by atoms with Gasteiger partial charge < -0.3 is 15.4 Å². The minimum atomic E-state index is 0.0307. The lowest BCUT2D eigenvalue weighted by molar-refractivity contribution is -0.124. The van der Waals surface area contributed by atoms with Gasteiger partial charge in [0.25, 0.3) is 0 Å². The molecule has 1 aliphatic carbocycles. The maximum Gasteiger partial charge on any atom is 0.237 e. The van der Waals surface area contributed by atoms with Gasteiger partial charge in [0, 0.05) is 7.11 Å². The minimum absolute atomic E-state index is 0.0307. The lowest BCUT2D eigenvalue weighted by atomic mass is 10.1. The molecule has 0 spiro atoms. The molecule has 1 unspecified atom stereocenters. The molecule has 0 aromatic heterocycles. The second-order valence-corrected chi connectivity index (χ2v) is 4.56. The second kappa shape index (κ2) is 4.94. The lowest BCUT2D eigenvalue weighted by Crippen LogP contribution is -2.47. The fourth-order valence-electron chi connectivity index (χ4n) is 2.17. The average molecular weight is 212 g/mol. The van der Waals surface area contributed by atoms with Crippen LogP contribution in [0.3, 0.4) is 0 Å². The van der Waals surface area contributed by atoms with Crippen molar-refractivity contribution in [3.8, 4) is 0 Å². The molecule has 2 rings (SSSR count). The largest absolute Gasteiger partial charge is 0.383 e. The van der Waals surface area contributed by atoms with E-state index in [9.17, 15) is 4.79 Å². The molecule has 0 radical (unpaired) electrons. The number of amides is 1. The van der Waals surface area contributed by atoms with E-state index in [4.69, 9.17) is 4.74 Å². The normalized spacial score (nSPS) is 27.7. The molecule has 15 heavy (non-hydrogen) atoms. The van der Waals surface area contributed by atoms with Crippen molar-refractivity contribution in [1.29, 1.82) is 0 Å². The zero-order valence-corrected chi connectivity index (χ0v) is 9.29. The third kappa shape index (κ3) is 2.92. The van der Waals surface area contributed by atoms with E-state index in [1.165, 1.54) is 12.8 Å². The van der Waals surface area contributed by atoms with Gasteiger partial charge in [0.2, 0.25) is 5.91 Å². The van der Waals surface area contributed by atoms with Crippen LogP contribution in [0.25, 0.3) is 0 Å². The van der Waals surface area contributed by atoms with E-state index >= 15 is 0 Å². The monoisotopic (exact) mass is 212 g/mol. The standard InChI is InChI=1S/C11H20N2O2/c1-15-7-10(8-4-5-8)13-11(14)9-3-2-6-12-9/h8-10,12H,2-7H2,1H3,(H,13,14)/t9-,10?/m0/s1. The topological polar surface area (TPSA) is 50.4 Å². The van der Waals surface area contributed by atoms with E-state index in [1.54, 1.807) is 7.11 Å². The number of methoxy groups -OCH3 is 1. The molecule has 1 saturated carbocycles. The summed E-state index contributed by atoms with van der Waals surface area (Å²) >= 11 is 0. The van der Waals surface area contributed by atoms with Gasteiger partial charge >= 0.3 is 0 Å². The lowest BCUT2D eigenvalue weighted by Gasteiger charge is -2.19. The zero-order valence-electron chi connectivity index (χ0n) is 9.29. The van der Waals surface area contributed by atoms with E-state index in [2.05, 4.69) is 10.6 Å². The summed E-state index contributed by atoms with van der Waals surface area (Å²) < 4.78 is 5.13. The molecule has 2 atom stereocenters. The Balaban J connectivity index is 1.79. The Kier molecular flexibility index (Phi) is 3.59. The van der Waals surface area contributed by atoms with Gasteiger partial charge in [-0.2, -0.15) is 0 Å². The number of hydrogen-bond donors (Lipinski definition) is 2. The van der Waals surface area contributed by atoms with Crippen LogP contribution < -0.4 is 10.6 Å². The summed E-state index contributed by atoms with van der Waals surface area (Å²) in [5.41, 5.74) is 0. The highest BCUT2D eigenvalue weighted by Crippen LogP contribution is 2.32. The molecule has 1 amide bonds. The number of carbonyl (C=O) groups excluding carboxylic acids is 1. The molecular weight excluding hydrogens is 192 g/mol. The van der Waals surface area contributed by atoms with Gasteiger partial charge in [-0.05, 0) is 38.1 Å². The van der Waals surface area contributed by atoms with Crippen molar-refractivity contribution in [3.63, 3.8) is 0 Å². The van der Waals surface area contributed by atoms with Crippen LogP contribution in [0.15, 0.2) is 0 Å². The molecule has 1 heterocycles. The van der Waals surface area contributed by atoms with Crippen LogP contribution in [-0.4, -0.2) is 38.3 Å². The van der Waals surface area contributed by atoms with Crippen molar-refractivity contribution >= 4 is 5.91 Å². The van der Waals surface area contributed by atoms with E-state index in [0.717, 1.165) is 19.4 Å². The summed E-state index contributed by atoms with van der Waals surface area (Å²) in [6.45, 7) is 1.61. The average Bonchev–Trinajstić information content (AvgIpc) is 2.92. The Bertz CT molecular complexity index is 223.